The fourth-order valence-electron chi connectivity index (χ4n) is 4.07. The summed E-state index contributed by atoms with van der Waals surface area (Å²) in [4.78, 5) is 39.0. The number of nitrogens with one attached hydrogen (secondary N) is 3. The summed E-state index contributed by atoms with van der Waals surface area (Å²) in [7, 11) is 0. The summed E-state index contributed by atoms with van der Waals surface area (Å²) in [5.74, 6) is -0.266. The van der Waals surface area contributed by atoms with E-state index in [0.29, 0.717) is 35.5 Å². The van der Waals surface area contributed by atoms with E-state index < -0.39 is 6.04 Å². The quantitative estimate of drug-likeness (QED) is 0.492. The molecule has 10 heteroatoms. The normalized spacial score (nSPS) is 17.2. The number of aromatic nitrogens is 3. The van der Waals surface area contributed by atoms with Gasteiger partial charge in [-0.2, -0.15) is 0 Å². The van der Waals surface area contributed by atoms with Crippen molar-refractivity contribution in [3.63, 3.8) is 0 Å². The lowest BCUT2D eigenvalue weighted by Crippen LogP contribution is -2.47. The molecule has 0 unspecified atom stereocenters. The molecule has 3 aromatic rings. The molecule has 3 N–H and O–H groups in total. The molecule has 1 aliphatic heterocycles. The van der Waals surface area contributed by atoms with Gasteiger partial charge >= 0.3 is 0 Å². The number of rotatable bonds is 2. The summed E-state index contributed by atoms with van der Waals surface area (Å²) in [5, 5.41) is 16.8. The zero-order chi connectivity index (χ0) is 26.4. The molecule has 0 aliphatic carbocycles. The van der Waals surface area contributed by atoms with Crippen LogP contribution in [-0.2, 0) is 24.4 Å². The summed E-state index contributed by atoms with van der Waals surface area (Å²) < 4.78 is 7.53. The zero-order valence-corrected chi connectivity index (χ0v) is 21.3. The van der Waals surface area contributed by atoms with E-state index in [0.717, 1.165) is 11.1 Å². The first-order valence-electron chi connectivity index (χ1n) is 12.4. The summed E-state index contributed by atoms with van der Waals surface area (Å²) in [5.41, 5.74) is 3.12. The van der Waals surface area contributed by atoms with Gasteiger partial charge in [0, 0.05) is 12.1 Å². The van der Waals surface area contributed by atoms with Crippen LogP contribution < -0.4 is 20.7 Å². The lowest BCUT2D eigenvalue weighted by Gasteiger charge is -2.20. The Balaban J connectivity index is 1.61. The Morgan fingerprint density at radius 1 is 1.05 bits per heavy atom. The predicted octanol–water partition coefficient (Wildman–Crippen LogP) is 2.37. The first kappa shape index (κ1) is 25.9. The topological polar surface area (TPSA) is 127 Å². The number of carbonyl (C=O) groups excluding carboxylic acids is 3. The molecule has 2 heterocycles. The zero-order valence-electron chi connectivity index (χ0n) is 21.3. The van der Waals surface area contributed by atoms with Crippen molar-refractivity contribution in [3.8, 4) is 5.75 Å². The maximum absolute atomic E-state index is 13.0. The van der Waals surface area contributed by atoms with Crippen LogP contribution >= 0.6 is 0 Å². The van der Waals surface area contributed by atoms with Crippen LogP contribution in [0.5, 0.6) is 5.75 Å². The molecule has 1 atom stereocenters. The number of fused-ring (bicyclic) bond motifs is 5. The second kappa shape index (κ2) is 11.7. The highest BCUT2D eigenvalue weighted by Crippen LogP contribution is 2.20. The number of hydrogen-bond acceptors (Lipinski definition) is 6. The van der Waals surface area contributed by atoms with Gasteiger partial charge in [0.2, 0.25) is 5.91 Å². The van der Waals surface area contributed by atoms with Crippen molar-refractivity contribution >= 4 is 17.7 Å². The van der Waals surface area contributed by atoms with Gasteiger partial charge in [0.15, 0.2) is 0 Å². The van der Waals surface area contributed by atoms with Crippen molar-refractivity contribution in [1.29, 1.82) is 0 Å². The molecule has 37 heavy (non-hydrogen) atoms. The lowest BCUT2D eigenvalue weighted by atomic mass is 10.0. The Hall–Kier alpha value is -4.21. The van der Waals surface area contributed by atoms with E-state index in [1.165, 1.54) is 0 Å². The van der Waals surface area contributed by atoms with E-state index in [2.05, 4.69) is 26.3 Å². The average molecular weight is 505 g/mol. The van der Waals surface area contributed by atoms with E-state index in [-0.39, 0.29) is 43.3 Å². The molecule has 0 spiro atoms. The van der Waals surface area contributed by atoms with Crippen LogP contribution in [0.25, 0.3) is 0 Å². The molecule has 0 fully saturated rings. The molecule has 0 radical (unpaired) electrons. The fourth-order valence-corrected chi connectivity index (χ4v) is 4.07. The van der Waals surface area contributed by atoms with Crippen molar-refractivity contribution in [2.45, 2.75) is 52.9 Å². The number of nitrogens with zero attached hydrogens (tertiary/aromatic N) is 3. The van der Waals surface area contributed by atoms with Gasteiger partial charge in [0.25, 0.3) is 11.8 Å². The number of aryl methyl sites for hydroxylation is 1. The molecule has 194 valence electrons. The van der Waals surface area contributed by atoms with Crippen LogP contribution in [0, 0.1) is 12.8 Å². The van der Waals surface area contributed by atoms with E-state index in [1.54, 1.807) is 41.2 Å². The smallest absolute Gasteiger partial charge is 0.255 e. The Morgan fingerprint density at radius 3 is 2.70 bits per heavy atom. The molecule has 3 amide bonds. The average Bonchev–Trinajstić information content (AvgIpc) is 3.33. The van der Waals surface area contributed by atoms with Gasteiger partial charge in [0.1, 0.15) is 24.1 Å². The van der Waals surface area contributed by atoms with Crippen LogP contribution in [0.1, 0.15) is 57.8 Å². The van der Waals surface area contributed by atoms with Crippen molar-refractivity contribution in [2.24, 2.45) is 5.92 Å². The number of carbonyl (C=O) groups is 3. The predicted molar refractivity (Wildman–Crippen MR) is 137 cm³/mol. The molecule has 1 aliphatic rings. The van der Waals surface area contributed by atoms with E-state index >= 15 is 0 Å². The largest absolute Gasteiger partial charge is 0.491 e. The molecule has 4 bridgehead atoms. The SMILES string of the molecule is Cc1ccc2c(c1)C(=O)NCc1cccc(c1)C(=O)N[C@H](CC(C)C)C(=O)NCc1cn(nn1)CCO2. The number of ether oxygens (including phenoxy) is 1. The van der Waals surface area contributed by atoms with Crippen LogP contribution in [-0.4, -0.2) is 45.4 Å². The van der Waals surface area contributed by atoms with Gasteiger partial charge in [0.05, 0.1) is 24.8 Å². The Morgan fingerprint density at radius 2 is 1.89 bits per heavy atom. The standard InChI is InChI=1S/C27H32N6O4/c1-17(2)11-23-27(36)29-15-21-16-33(32-31-21)9-10-37-24-8-7-18(3)12-22(24)26(35)28-14-19-5-4-6-20(13-19)25(34)30-23/h4-8,12-13,16-17,23H,9-11,14-15H2,1-3H3,(H,28,35)(H,29,36)(H,30,34)/t23-/m1/s1. The van der Waals surface area contributed by atoms with Crippen molar-refractivity contribution in [2.75, 3.05) is 6.61 Å². The fraction of sp³-hybridized carbons (Fsp3) is 0.370. The minimum atomic E-state index is -0.704. The van der Waals surface area contributed by atoms with Gasteiger partial charge in [-0.3, -0.25) is 14.4 Å². The maximum atomic E-state index is 13.0. The van der Waals surface area contributed by atoms with Crippen molar-refractivity contribution in [3.05, 3.63) is 76.6 Å². The van der Waals surface area contributed by atoms with Crippen molar-refractivity contribution in [1.82, 2.24) is 30.9 Å². The maximum Gasteiger partial charge on any atom is 0.255 e. The van der Waals surface area contributed by atoms with Gasteiger partial charge < -0.3 is 20.7 Å². The highest BCUT2D eigenvalue weighted by molar-refractivity contribution is 5.98. The molecular weight excluding hydrogens is 472 g/mol. The van der Waals surface area contributed by atoms with Crippen LogP contribution in [0.4, 0.5) is 0 Å². The second-order valence-electron chi connectivity index (χ2n) is 9.58. The van der Waals surface area contributed by atoms with Crippen LogP contribution in [0.2, 0.25) is 0 Å². The minimum absolute atomic E-state index is 0.182. The molecule has 0 saturated heterocycles. The number of amides is 3. The molecule has 4 rings (SSSR count). The minimum Gasteiger partial charge on any atom is -0.491 e. The monoisotopic (exact) mass is 504 g/mol. The molecule has 0 saturated carbocycles. The summed E-state index contributed by atoms with van der Waals surface area (Å²) in [6.07, 6.45) is 2.21. The highest BCUT2D eigenvalue weighted by Gasteiger charge is 2.23. The lowest BCUT2D eigenvalue weighted by molar-refractivity contribution is -0.123. The Labute approximate surface area is 215 Å². The van der Waals surface area contributed by atoms with Gasteiger partial charge in [-0.05, 0) is 49.1 Å². The number of benzene rings is 2. The molecule has 2 aromatic carbocycles. The van der Waals surface area contributed by atoms with Gasteiger partial charge in [-0.25, -0.2) is 4.68 Å². The summed E-state index contributed by atoms with van der Waals surface area (Å²) >= 11 is 0. The van der Waals surface area contributed by atoms with Gasteiger partial charge in [-0.15, -0.1) is 5.10 Å². The second-order valence-corrected chi connectivity index (χ2v) is 9.58. The molecule has 1 aromatic heterocycles. The van der Waals surface area contributed by atoms with Gasteiger partial charge in [-0.1, -0.05) is 42.8 Å². The summed E-state index contributed by atoms with van der Waals surface area (Å²) in [6, 6.07) is 11.7. The molecular formula is C27H32N6O4. The first-order valence-corrected chi connectivity index (χ1v) is 12.4. The molecule has 10 nitrogen and oxygen atoms in total. The van der Waals surface area contributed by atoms with E-state index in [9.17, 15) is 14.4 Å². The number of hydrogen-bond donors (Lipinski definition) is 3. The highest BCUT2D eigenvalue weighted by atomic mass is 16.5. The van der Waals surface area contributed by atoms with Crippen LogP contribution in [0.15, 0.2) is 48.7 Å². The first-order chi connectivity index (χ1) is 17.8. The van der Waals surface area contributed by atoms with E-state index in [1.807, 2.05) is 32.9 Å². The third-order valence-electron chi connectivity index (χ3n) is 5.96. The summed E-state index contributed by atoms with van der Waals surface area (Å²) in [6.45, 7) is 7.00. The van der Waals surface area contributed by atoms with Crippen molar-refractivity contribution < 1.29 is 19.1 Å². The Bertz CT molecular complexity index is 1290. The van der Waals surface area contributed by atoms with Crippen LogP contribution in [0.3, 0.4) is 0 Å². The third-order valence-corrected chi connectivity index (χ3v) is 5.96. The third kappa shape index (κ3) is 6.93. The Kier molecular flexibility index (Phi) is 8.17. The van der Waals surface area contributed by atoms with E-state index in [4.69, 9.17) is 4.74 Å².